The van der Waals surface area contributed by atoms with Crippen LogP contribution in [0.5, 0.6) is 0 Å². The zero-order chi connectivity index (χ0) is 10.8. The van der Waals surface area contributed by atoms with Gasteiger partial charge in [-0.1, -0.05) is 12.8 Å². The summed E-state index contributed by atoms with van der Waals surface area (Å²) in [5, 5.41) is 5.75. The first-order chi connectivity index (χ1) is 7.90. The SMILES string of the molecule is C1C[C@@H]2CC[C@H](C1)N2.C1C[C@@H]2CC[C@H](C1)S2. The van der Waals surface area contributed by atoms with Gasteiger partial charge in [0.2, 0.25) is 0 Å². The van der Waals surface area contributed by atoms with Gasteiger partial charge in [-0.15, -0.1) is 0 Å². The molecular formula is C14H25NS. The summed E-state index contributed by atoms with van der Waals surface area (Å²) in [6.45, 7) is 0. The summed E-state index contributed by atoms with van der Waals surface area (Å²) in [5.41, 5.74) is 0. The molecule has 0 spiro atoms. The maximum Gasteiger partial charge on any atom is 0.00702 e. The Kier molecular flexibility index (Phi) is 3.78. The number of piperidine rings is 1. The molecule has 4 aliphatic heterocycles. The van der Waals surface area contributed by atoms with E-state index in [1.165, 1.54) is 64.2 Å². The van der Waals surface area contributed by atoms with Crippen molar-refractivity contribution in [2.24, 2.45) is 0 Å². The Morgan fingerprint density at radius 1 is 0.625 bits per heavy atom. The predicted molar refractivity (Wildman–Crippen MR) is 72.0 cm³/mol. The summed E-state index contributed by atoms with van der Waals surface area (Å²) in [5.74, 6) is 0. The quantitative estimate of drug-likeness (QED) is 0.691. The van der Waals surface area contributed by atoms with Crippen LogP contribution in [0.4, 0.5) is 0 Å². The molecular weight excluding hydrogens is 214 g/mol. The van der Waals surface area contributed by atoms with Crippen LogP contribution in [0.15, 0.2) is 0 Å². The van der Waals surface area contributed by atoms with Gasteiger partial charge in [0, 0.05) is 22.6 Å². The first-order valence-corrected chi connectivity index (χ1v) is 8.26. The van der Waals surface area contributed by atoms with Gasteiger partial charge in [0.1, 0.15) is 0 Å². The maximum absolute atomic E-state index is 3.59. The molecule has 0 aromatic carbocycles. The lowest BCUT2D eigenvalue weighted by Gasteiger charge is -2.19. The van der Waals surface area contributed by atoms with Gasteiger partial charge in [-0.05, 0) is 51.4 Å². The van der Waals surface area contributed by atoms with Crippen LogP contribution in [0, 0.1) is 0 Å². The Morgan fingerprint density at radius 2 is 1.19 bits per heavy atom. The minimum atomic E-state index is 0.911. The number of thioether (sulfide) groups is 1. The van der Waals surface area contributed by atoms with Crippen LogP contribution in [0.3, 0.4) is 0 Å². The highest BCUT2D eigenvalue weighted by Gasteiger charge is 2.28. The smallest absolute Gasteiger partial charge is 0.00702 e. The Balaban J connectivity index is 0.000000101. The van der Waals surface area contributed by atoms with Crippen LogP contribution < -0.4 is 5.32 Å². The molecule has 2 heteroatoms. The lowest BCUT2D eigenvalue weighted by molar-refractivity contribution is 0.406. The summed E-state index contributed by atoms with van der Waals surface area (Å²) in [6, 6.07) is 1.82. The topological polar surface area (TPSA) is 12.0 Å². The van der Waals surface area contributed by atoms with Gasteiger partial charge in [0.05, 0.1) is 0 Å². The fourth-order valence-corrected chi connectivity index (χ4v) is 5.44. The fraction of sp³-hybridized carbons (Fsp3) is 1.00. The first kappa shape index (κ1) is 11.4. The Labute approximate surface area is 104 Å². The fourth-order valence-electron chi connectivity index (χ4n) is 3.75. The zero-order valence-corrected chi connectivity index (χ0v) is 11.1. The van der Waals surface area contributed by atoms with E-state index in [2.05, 4.69) is 17.1 Å². The average Bonchev–Trinajstić information content (AvgIpc) is 2.83. The van der Waals surface area contributed by atoms with E-state index >= 15 is 0 Å². The Morgan fingerprint density at radius 3 is 1.69 bits per heavy atom. The molecule has 0 unspecified atom stereocenters. The molecule has 0 aromatic heterocycles. The highest BCUT2D eigenvalue weighted by Crippen LogP contribution is 2.43. The molecule has 4 fully saturated rings. The van der Waals surface area contributed by atoms with Gasteiger partial charge in [0.25, 0.3) is 0 Å². The van der Waals surface area contributed by atoms with E-state index in [0.717, 1.165) is 22.6 Å². The molecule has 4 heterocycles. The Hall–Kier alpha value is 0.310. The molecule has 0 aromatic rings. The van der Waals surface area contributed by atoms with Crippen LogP contribution in [0.1, 0.15) is 64.2 Å². The second-order valence-electron chi connectivity index (χ2n) is 5.96. The van der Waals surface area contributed by atoms with E-state index in [1.807, 2.05) is 0 Å². The van der Waals surface area contributed by atoms with Gasteiger partial charge < -0.3 is 5.32 Å². The molecule has 1 nitrogen and oxygen atoms in total. The van der Waals surface area contributed by atoms with Crippen molar-refractivity contribution < 1.29 is 0 Å². The summed E-state index contributed by atoms with van der Waals surface area (Å²) >= 11 is 2.25. The molecule has 4 bridgehead atoms. The standard InChI is InChI=1S/C7H13N.C7H12S/c2*1-2-6-4-5-7(3-1)8-6/h6-8H,1-5H2;6-7H,1-5H2/t2*6-,7+. The van der Waals surface area contributed by atoms with E-state index < -0.39 is 0 Å². The molecule has 0 aliphatic carbocycles. The van der Waals surface area contributed by atoms with E-state index in [4.69, 9.17) is 0 Å². The minimum absolute atomic E-state index is 0.911. The third-order valence-electron chi connectivity index (χ3n) is 4.69. The second kappa shape index (κ2) is 5.30. The molecule has 4 saturated heterocycles. The predicted octanol–water partition coefficient (Wildman–Crippen LogP) is 3.73. The molecule has 0 saturated carbocycles. The van der Waals surface area contributed by atoms with Gasteiger partial charge in [-0.3, -0.25) is 0 Å². The van der Waals surface area contributed by atoms with Crippen molar-refractivity contribution in [1.82, 2.24) is 5.32 Å². The minimum Gasteiger partial charge on any atom is -0.311 e. The molecule has 4 atom stereocenters. The van der Waals surface area contributed by atoms with Crippen molar-refractivity contribution in [3.63, 3.8) is 0 Å². The lowest BCUT2D eigenvalue weighted by Crippen LogP contribution is -2.33. The van der Waals surface area contributed by atoms with Crippen molar-refractivity contribution in [3.05, 3.63) is 0 Å². The largest absolute Gasteiger partial charge is 0.311 e. The Bertz CT molecular complexity index is 179. The van der Waals surface area contributed by atoms with Crippen molar-refractivity contribution in [2.45, 2.75) is 86.8 Å². The van der Waals surface area contributed by atoms with Gasteiger partial charge in [0.15, 0.2) is 0 Å². The van der Waals surface area contributed by atoms with Crippen LogP contribution in [0.25, 0.3) is 0 Å². The molecule has 92 valence electrons. The summed E-state index contributed by atoms with van der Waals surface area (Å²) in [7, 11) is 0. The van der Waals surface area contributed by atoms with Gasteiger partial charge in [-0.25, -0.2) is 0 Å². The van der Waals surface area contributed by atoms with Crippen molar-refractivity contribution >= 4 is 11.8 Å². The number of rotatable bonds is 0. The summed E-state index contributed by atoms with van der Waals surface area (Å²) < 4.78 is 0. The van der Waals surface area contributed by atoms with E-state index in [0.29, 0.717) is 0 Å². The first-order valence-electron chi connectivity index (χ1n) is 7.31. The molecule has 0 radical (unpaired) electrons. The van der Waals surface area contributed by atoms with Gasteiger partial charge in [-0.2, -0.15) is 11.8 Å². The lowest BCUT2D eigenvalue weighted by atomic mass is 10.1. The number of fused-ring (bicyclic) bond motifs is 4. The molecule has 16 heavy (non-hydrogen) atoms. The highest BCUT2D eigenvalue weighted by atomic mass is 32.2. The van der Waals surface area contributed by atoms with Crippen molar-refractivity contribution in [1.29, 1.82) is 0 Å². The van der Waals surface area contributed by atoms with Crippen LogP contribution in [-0.2, 0) is 0 Å². The zero-order valence-electron chi connectivity index (χ0n) is 10.3. The normalized spacial score (nSPS) is 45.0. The summed E-state index contributed by atoms with van der Waals surface area (Å²) in [6.07, 6.45) is 14.8. The van der Waals surface area contributed by atoms with Crippen LogP contribution >= 0.6 is 11.8 Å². The highest BCUT2D eigenvalue weighted by molar-refractivity contribution is 8.00. The number of hydrogen-bond donors (Lipinski definition) is 1. The van der Waals surface area contributed by atoms with Gasteiger partial charge >= 0.3 is 0 Å². The van der Waals surface area contributed by atoms with Crippen LogP contribution in [0.2, 0.25) is 0 Å². The third-order valence-corrected chi connectivity index (χ3v) is 6.40. The van der Waals surface area contributed by atoms with Crippen molar-refractivity contribution in [3.8, 4) is 0 Å². The van der Waals surface area contributed by atoms with E-state index in [1.54, 1.807) is 0 Å². The third kappa shape index (κ3) is 2.76. The van der Waals surface area contributed by atoms with E-state index in [9.17, 15) is 0 Å². The summed E-state index contributed by atoms with van der Waals surface area (Å²) in [4.78, 5) is 0. The molecule has 1 N–H and O–H groups in total. The number of hydrogen-bond acceptors (Lipinski definition) is 2. The second-order valence-corrected chi connectivity index (χ2v) is 7.56. The average molecular weight is 239 g/mol. The molecule has 4 aliphatic rings. The maximum atomic E-state index is 3.59. The molecule has 0 amide bonds. The number of nitrogens with one attached hydrogen (secondary N) is 1. The van der Waals surface area contributed by atoms with Crippen LogP contribution in [-0.4, -0.2) is 22.6 Å². The van der Waals surface area contributed by atoms with E-state index in [-0.39, 0.29) is 0 Å². The molecule has 4 rings (SSSR count). The monoisotopic (exact) mass is 239 g/mol. The van der Waals surface area contributed by atoms with Crippen molar-refractivity contribution in [2.75, 3.05) is 0 Å².